The van der Waals surface area contributed by atoms with E-state index in [9.17, 15) is 0 Å². The van der Waals surface area contributed by atoms with Crippen LogP contribution in [0.1, 0.15) is 0 Å². The van der Waals surface area contributed by atoms with E-state index in [2.05, 4.69) is 7.44 Å². The Morgan fingerprint density at radius 3 is 1.25 bits per heavy atom. The summed E-state index contributed by atoms with van der Waals surface area (Å²) in [5, 5.41) is 0. The predicted octanol–water partition coefficient (Wildman–Crippen LogP) is -1.57. The normalized spacial score (nSPS) is 2.00. The van der Waals surface area contributed by atoms with Crippen LogP contribution in [0.15, 0.2) is 0 Å². The average molecular weight is 242 g/mol. The van der Waals surface area contributed by atoms with E-state index in [0.29, 0.717) is 0 Å². The number of hydrogen-bond acceptors (Lipinski definition) is 0. The van der Waals surface area contributed by atoms with Crippen molar-refractivity contribution in [2.45, 2.75) is 0 Å². The van der Waals surface area contributed by atoms with Crippen LogP contribution < -0.4 is 0 Å². The van der Waals surface area contributed by atoms with Crippen LogP contribution in [0.5, 0.6) is 0 Å². The Hall–Kier alpha value is 2.15. The van der Waals surface area contributed by atoms with E-state index in [1.54, 1.807) is 0 Å². The van der Waals surface area contributed by atoms with E-state index in [1.165, 1.54) is 0 Å². The van der Waals surface area contributed by atoms with Crippen molar-refractivity contribution in [2.75, 3.05) is 0 Å². The van der Waals surface area contributed by atoms with Gasteiger partial charge in [-0.25, -0.2) is 0 Å². The molecule has 0 aromatic carbocycles. The first kappa shape index (κ1) is 16.4. The third-order valence-electron chi connectivity index (χ3n) is 0. The fraction of sp³-hybridized carbons (Fsp3) is 0. The molecule has 4 heavy (non-hydrogen) atoms. The standard InChI is InChI=1S/BH3Si.Fe.Nd/c1-2;;/h2H3;;. The first-order chi connectivity index (χ1) is 1.00. The molecule has 22 valence electrons. The van der Waals surface area contributed by atoms with E-state index in [1.807, 2.05) is 0 Å². The molecule has 0 aromatic heterocycles. The summed E-state index contributed by atoms with van der Waals surface area (Å²) in [6.07, 6.45) is 0. The second kappa shape index (κ2) is 19.2. The molecule has 2 radical (unpaired) electrons. The molecule has 4 heteroatoms. The van der Waals surface area contributed by atoms with Crippen LogP contribution in [0.25, 0.3) is 0 Å². The Morgan fingerprint density at radius 1 is 1.25 bits per heavy atom. The van der Waals surface area contributed by atoms with Gasteiger partial charge >= 0.3 is 0 Å². The summed E-state index contributed by atoms with van der Waals surface area (Å²) in [6, 6.07) is 0. The van der Waals surface area contributed by atoms with Gasteiger partial charge in [-0.1, -0.05) is 0 Å². The van der Waals surface area contributed by atoms with Crippen LogP contribution >= 0.6 is 0 Å². The molecule has 0 bridgehead atoms. The van der Waals surface area contributed by atoms with Gasteiger partial charge in [-0.2, -0.15) is 0 Å². The monoisotopic (exact) mass is 240 g/mol. The Bertz CT molecular complexity index is 8.00. The van der Waals surface area contributed by atoms with Gasteiger partial charge in [-0.3, -0.25) is 0 Å². The molecule has 0 saturated heterocycles. The molecule has 0 saturated carbocycles. The minimum Gasteiger partial charge on any atom is -0.0388 e. The van der Waals surface area contributed by atoms with Crippen molar-refractivity contribution >= 4 is 17.6 Å². The van der Waals surface area contributed by atoms with Gasteiger partial charge in [0.05, 0.1) is 0 Å². The van der Waals surface area contributed by atoms with Crippen molar-refractivity contribution in [3.63, 3.8) is 0 Å². The first-order valence-corrected chi connectivity index (χ1v) is 1.73. The van der Waals surface area contributed by atoms with Crippen molar-refractivity contribution in [1.82, 2.24) is 0 Å². The molecule has 0 aromatic rings. The van der Waals surface area contributed by atoms with Crippen molar-refractivity contribution in [1.29, 1.82) is 0 Å². The largest absolute Gasteiger partial charge is 0.0434 e. The third-order valence-corrected chi connectivity index (χ3v) is 0. The van der Waals surface area contributed by atoms with Crippen molar-refractivity contribution < 1.29 is 57.9 Å². The molecule has 0 aliphatic carbocycles. The maximum Gasteiger partial charge on any atom is 0.0434 e. The Kier molecular flexibility index (Phi) is 78.8. The summed E-state index contributed by atoms with van der Waals surface area (Å²) in [5.74, 6) is 0. The quantitative estimate of drug-likeness (QED) is 0.450. The minimum atomic E-state index is 0. The zero-order valence-corrected chi connectivity index (χ0v) is 8.74. The zero-order valence-electron chi connectivity index (χ0n) is 2.43. The Labute approximate surface area is 74.3 Å². The molecule has 0 aliphatic heterocycles. The van der Waals surface area contributed by atoms with Crippen molar-refractivity contribution in [2.24, 2.45) is 0 Å². The maximum atomic E-state index is 4.64. The molecular weight excluding hydrogens is 239 g/mol. The Balaban J connectivity index is -0.00000000500. The van der Waals surface area contributed by atoms with Gasteiger partial charge in [0.25, 0.3) is 0 Å². The van der Waals surface area contributed by atoms with Gasteiger partial charge in [0, 0.05) is 65.3 Å². The van der Waals surface area contributed by atoms with Gasteiger partial charge in [-0.05, 0) is 10.1 Å². The van der Waals surface area contributed by atoms with Crippen LogP contribution in [0.2, 0.25) is 0 Å². The summed E-state index contributed by atoms with van der Waals surface area (Å²) in [4.78, 5) is 0. The molecule has 0 atom stereocenters. The molecule has 0 unspecified atom stereocenters. The predicted molar refractivity (Wildman–Crippen MR) is 15.7 cm³/mol. The van der Waals surface area contributed by atoms with Crippen LogP contribution in [-0.2, 0) is 17.1 Å². The molecule has 0 fully saturated rings. The molecule has 0 nitrogen and oxygen atoms in total. The van der Waals surface area contributed by atoms with E-state index in [4.69, 9.17) is 0 Å². The van der Waals surface area contributed by atoms with E-state index in [-0.39, 0.29) is 57.9 Å². The molecule has 0 aliphatic rings. The smallest absolute Gasteiger partial charge is 0.0388 e. The zero-order chi connectivity index (χ0) is 2.00. The Morgan fingerprint density at radius 2 is 1.25 bits per heavy atom. The van der Waals surface area contributed by atoms with Crippen LogP contribution in [-0.4, -0.2) is 17.6 Å². The average Bonchev–Trinajstić information content (AvgIpc) is 1.00. The van der Waals surface area contributed by atoms with Crippen molar-refractivity contribution in [3.05, 3.63) is 0 Å². The van der Waals surface area contributed by atoms with Crippen LogP contribution in [0.3, 0.4) is 0 Å². The summed E-state index contributed by atoms with van der Waals surface area (Å²) in [5.41, 5.74) is 0. The number of hydrogen-bond donors (Lipinski definition) is 0. The van der Waals surface area contributed by atoms with Gasteiger partial charge in [0.2, 0.25) is 0 Å². The molecule has 0 rings (SSSR count). The summed E-state index contributed by atoms with van der Waals surface area (Å²) < 4.78 is 0. The van der Waals surface area contributed by atoms with Gasteiger partial charge in [0.15, 0.2) is 0 Å². The molecule has 0 amide bonds. The fourth-order valence-electron chi connectivity index (χ4n) is 0. The topological polar surface area (TPSA) is 0 Å². The summed E-state index contributed by atoms with van der Waals surface area (Å²) >= 11 is 0. The fourth-order valence-corrected chi connectivity index (χ4v) is 0. The van der Waals surface area contributed by atoms with Crippen LogP contribution in [0, 0.1) is 40.8 Å². The third kappa shape index (κ3) is 8.91. The summed E-state index contributed by atoms with van der Waals surface area (Å²) in [6.45, 7) is 0. The number of rotatable bonds is 0. The van der Waals surface area contributed by atoms with Crippen molar-refractivity contribution in [3.8, 4) is 0 Å². The van der Waals surface area contributed by atoms with Crippen LogP contribution in [0.4, 0.5) is 0 Å². The van der Waals surface area contributed by atoms with E-state index < -0.39 is 0 Å². The van der Waals surface area contributed by atoms with Gasteiger partial charge < -0.3 is 0 Å². The van der Waals surface area contributed by atoms with E-state index in [0.717, 1.165) is 10.1 Å². The van der Waals surface area contributed by atoms with Gasteiger partial charge in [-0.15, -0.1) is 0 Å². The first-order valence-electron chi connectivity index (χ1n) is 0.577. The van der Waals surface area contributed by atoms with E-state index >= 15 is 0 Å². The molecule has 0 heterocycles. The van der Waals surface area contributed by atoms with Gasteiger partial charge in [0.1, 0.15) is 0 Å². The molecule has 0 spiro atoms. The molecular formula is H3BFeNdSi. The maximum absolute atomic E-state index is 4.64. The molecule has 0 N–H and O–H groups in total. The second-order valence-electron chi connectivity index (χ2n) is 0. The SMILES string of the molecule is [B][SiH3].[Fe].[Nd]. The second-order valence-corrected chi connectivity index (χ2v) is 0. The minimum absolute atomic E-state index is 0. The summed E-state index contributed by atoms with van der Waals surface area (Å²) in [7, 11) is 5.44.